The normalized spacial score (nSPS) is 15.4. The van der Waals surface area contributed by atoms with Crippen LogP contribution in [0.4, 0.5) is 5.82 Å². The van der Waals surface area contributed by atoms with Crippen LogP contribution in [0.3, 0.4) is 0 Å². The van der Waals surface area contributed by atoms with Crippen LogP contribution in [0, 0.1) is 0 Å². The van der Waals surface area contributed by atoms with Gasteiger partial charge < -0.3 is 10.6 Å². The maximum absolute atomic E-state index is 12.3. The van der Waals surface area contributed by atoms with E-state index in [4.69, 9.17) is 11.6 Å². The summed E-state index contributed by atoms with van der Waals surface area (Å²) in [4.78, 5) is 16.7. The Labute approximate surface area is 154 Å². The molecule has 2 aromatic rings. The van der Waals surface area contributed by atoms with E-state index in [2.05, 4.69) is 15.6 Å². The first-order chi connectivity index (χ1) is 12.2. The SMILES string of the molecule is O=C(NCc1ccccc1Cl)c1ccc(NC2CCCCCC2)nc1. The summed E-state index contributed by atoms with van der Waals surface area (Å²) in [6.45, 7) is 0.403. The van der Waals surface area contributed by atoms with Gasteiger partial charge in [0.25, 0.3) is 5.91 Å². The molecule has 0 aliphatic heterocycles. The number of nitrogens with zero attached hydrogens (tertiary/aromatic N) is 1. The van der Waals surface area contributed by atoms with Crippen LogP contribution in [0.5, 0.6) is 0 Å². The van der Waals surface area contributed by atoms with Gasteiger partial charge in [-0.2, -0.15) is 0 Å². The number of nitrogens with one attached hydrogen (secondary N) is 2. The van der Waals surface area contributed by atoms with E-state index >= 15 is 0 Å². The molecule has 1 aliphatic rings. The summed E-state index contributed by atoms with van der Waals surface area (Å²) < 4.78 is 0. The van der Waals surface area contributed by atoms with Gasteiger partial charge in [-0.15, -0.1) is 0 Å². The molecule has 132 valence electrons. The minimum atomic E-state index is -0.145. The summed E-state index contributed by atoms with van der Waals surface area (Å²) in [7, 11) is 0. The first-order valence-corrected chi connectivity index (χ1v) is 9.34. The van der Waals surface area contributed by atoms with Crippen molar-refractivity contribution in [1.82, 2.24) is 10.3 Å². The Bertz CT molecular complexity index is 694. The largest absolute Gasteiger partial charge is 0.367 e. The van der Waals surface area contributed by atoms with Crippen LogP contribution in [-0.2, 0) is 6.54 Å². The third-order valence-corrected chi connectivity index (χ3v) is 5.00. The van der Waals surface area contributed by atoms with Crippen molar-refractivity contribution < 1.29 is 4.79 Å². The topological polar surface area (TPSA) is 54.0 Å². The molecule has 1 aromatic carbocycles. The Hall–Kier alpha value is -2.07. The molecule has 3 rings (SSSR count). The smallest absolute Gasteiger partial charge is 0.253 e. The first kappa shape index (κ1) is 17.7. The number of amides is 1. The Morgan fingerprint density at radius 1 is 1.08 bits per heavy atom. The first-order valence-electron chi connectivity index (χ1n) is 8.96. The minimum absolute atomic E-state index is 0.145. The molecule has 1 aliphatic carbocycles. The molecule has 1 heterocycles. The second-order valence-electron chi connectivity index (χ2n) is 6.54. The molecular formula is C20H24ClN3O. The summed E-state index contributed by atoms with van der Waals surface area (Å²) in [6.07, 6.45) is 9.23. The van der Waals surface area contributed by atoms with Gasteiger partial charge in [0.2, 0.25) is 0 Å². The second-order valence-corrected chi connectivity index (χ2v) is 6.95. The van der Waals surface area contributed by atoms with Crippen molar-refractivity contribution in [2.24, 2.45) is 0 Å². The van der Waals surface area contributed by atoms with Gasteiger partial charge in [-0.25, -0.2) is 4.98 Å². The van der Waals surface area contributed by atoms with E-state index < -0.39 is 0 Å². The molecular weight excluding hydrogens is 334 g/mol. The summed E-state index contributed by atoms with van der Waals surface area (Å²) in [5, 5.41) is 7.03. The molecule has 1 amide bonds. The lowest BCUT2D eigenvalue weighted by Crippen LogP contribution is -2.23. The molecule has 25 heavy (non-hydrogen) atoms. The third kappa shape index (κ3) is 5.20. The van der Waals surface area contributed by atoms with Crippen molar-refractivity contribution in [3.63, 3.8) is 0 Å². The number of halogens is 1. The molecule has 2 N–H and O–H groups in total. The van der Waals surface area contributed by atoms with Gasteiger partial charge in [-0.3, -0.25) is 4.79 Å². The predicted molar refractivity (Wildman–Crippen MR) is 102 cm³/mol. The van der Waals surface area contributed by atoms with E-state index in [0.29, 0.717) is 23.2 Å². The van der Waals surface area contributed by atoms with Crippen LogP contribution >= 0.6 is 11.6 Å². The zero-order valence-electron chi connectivity index (χ0n) is 14.3. The molecule has 1 aromatic heterocycles. The van der Waals surface area contributed by atoms with Crippen molar-refractivity contribution in [1.29, 1.82) is 0 Å². The van der Waals surface area contributed by atoms with Crippen LogP contribution in [0.15, 0.2) is 42.6 Å². The van der Waals surface area contributed by atoms with Crippen molar-refractivity contribution in [3.05, 3.63) is 58.7 Å². The molecule has 0 spiro atoms. The lowest BCUT2D eigenvalue weighted by Gasteiger charge is -2.16. The van der Waals surface area contributed by atoms with Crippen LogP contribution in [0.1, 0.15) is 54.4 Å². The van der Waals surface area contributed by atoms with Gasteiger partial charge in [-0.05, 0) is 36.6 Å². The predicted octanol–water partition coefficient (Wildman–Crippen LogP) is 4.80. The van der Waals surface area contributed by atoms with E-state index in [0.717, 1.165) is 11.4 Å². The molecule has 0 atom stereocenters. The Balaban J connectivity index is 1.54. The fraction of sp³-hybridized carbons (Fsp3) is 0.400. The lowest BCUT2D eigenvalue weighted by atomic mass is 10.1. The average molecular weight is 358 g/mol. The molecule has 0 radical (unpaired) electrons. The maximum atomic E-state index is 12.3. The van der Waals surface area contributed by atoms with E-state index in [9.17, 15) is 4.79 Å². The standard InChI is InChI=1S/C20H24ClN3O/c21-18-10-6-5-7-15(18)13-23-20(25)16-11-12-19(22-14-16)24-17-8-3-1-2-4-9-17/h5-7,10-12,14,17H,1-4,8-9,13H2,(H,22,24)(H,23,25). The fourth-order valence-electron chi connectivity index (χ4n) is 3.17. The number of hydrogen-bond donors (Lipinski definition) is 2. The van der Waals surface area contributed by atoms with Crippen LogP contribution < -0.4 is 10.6 Å². The Morgan fingerprint density at radius 2 is 1.84 bits per heavy atom. The molecule has 0 saturated heterocycles. The number of anilines is 1. The van der Waals surface area contributed by atoms with Crippen LogP contribution in [0.2, 0.25) is 5.02 Å². The highest BCUT2D eigenvalue weighted by atomic mass is 35.5. The van der Waals surface area contributed by atoms with E-state index in [1.807, 2.05) is 36.4 Å². The van der Waals surface area contributed by atoms with E-state index in [1.165, 1.54) is 38.5 Å². The lowest BCUT2D eigenvalue weighted by molar-refractivity contribution is 0.0950. The monoisotopic (exact) mass is 357 g/mol. The summed E-state index contributed by atoms with van der Waals surface area (Å²) in [6, 6.07) is 11.7. The van der Waals surface area contributed by atoms with Crippen molar-refractivity contribution in [3.8, 4) is 0 Å². The van der Waals surface area contributed by atoms with Gasteiger partial charge in [0.1, 0.15) is 5.82 Å². The molecule has 0 bridgehead atoms. The van der Waals surface area contributed by atoms with E-state index in [1.54, 1.807) is 6.20 Å². The average Bonchev–Trinajstić information content (AvgIpc) is 2.90. The highest BCUT2D eigenvalue weighted by molar-refractivity contribution is 6.31. The summed E-state index contributed by atoms with van der Waals surface area (Å²) in [5.41, 5.74) is 1.45. The van der Waals surface area contributed by atoms with Crippen LogP contribution in [0.25, 0.3) is 0 Å². The molecule has 1 saturated carbocycles. The summed E-state index contributed by atoms with van der Waals surface area (Å²) >= 11 is 6.11. The second kappa shape index (κ2) is 8.86. The number of carbonyl (C=O) groups is 1. The van der Waals surface area contributed by atoms with Gasteiger partial charge in [0, 0.05) is 23.8 Å². The number of benzene rings is 1. The van der Waals surface area contributed by atoms with Crippen LogP contribution in [-0.4, -0.2) is 16.9 Å². The van der Waals surface area contributed by atoms with E-state index in [-0.39, 0.29) is 5.91 Å². The van der Waals surface area contributed by atoms with Crippen molar-refractivity contribution in [2.45, 2.75) is 51.1 Å². The Kier molecular flexibility index (Phi) is 6.29. The quantitative estimate of drug-likeness (QED) is 0.756. The Morgan fingerprint density at radius 3 is 2.52 bits per heavy atom. The minimum Gasteiger partial charge on any atom is -0.367 e. The van der Waals surface area contributed by atoms with Gasteiger partial charge in [0.05, 0.1) is 5.56 Å². The summed E-state index contributed by atoms with van der Waals surface area (Å²) in [5.74, 6) is 0.697. The maximum Gasteiger partial charge on any atom is 0.253 e. The number of aromatic nitrogens is 1. The number of hydrogen-bond acceptors (Lipinski definition) is 3. The highest BCUT2D eigenvalue weighted by Gasteiger charge is 2.13. The van der Waals surface area contributed by atoms with Gasteiger partial charge in [0.15, 0.2) is 0 Å². The third-order valence-electron chi connectivity index (χ3n) is 4.63. The molecule has 0 unspecified atom stereocenters. The fourth-order valence-corrected chi connectivity index (χ4v) is 3.37. The zero-order valence-corrected chi connectivity index (χ0v) is 15.1. The van der Waals surface area contributed by atoms with Crippen molar-refractivity contribution in [2.75, 3.05) is 5.32 Å². The van der Waals surface area contributed by atoms with Crippen molar-refractivity contribution >= 4 is 23.3 Å². The highest BCUT2D eigenvalue weighted by Crippen LogP contribution is 2.20. The van der Waals surface area contributed by atoms with Gasteiger partial charge >= 0.3 is 0 Å². The molecule has 5 heteroatoms. The zero-order chi connectivity index (χ0) is 17.5. The number of carbonyl (C=O) groups excluding carboxylic acids is 1. The van der Waals surface area contributed by atoms with Gasteiger partial charge in [-0.1, -0.05) is 55.5 Å². The molecule has 4 nitrogen and oxygen atoms in total. The molecule has 1 fully saturated rings. The number of pyridine rings is 1. The number of rotatable bonds is 5.